The molecule has 1 saturated heterocycles. The van der Waals surface area contributed by atoms with Gasteiger partial charge in [-0.15, -0.1) is 0 Å². The van der Waals surface area contributed by atoms with Gasteiger partial charge in [0.15, 0.2) is 5.76 Å². The van der Waals surface area contributed by atoms with E-state index in [9.17, 15) is 4.79 Å². The van der Waals surface area contributed by atoms with Crippen molar-refractivity contribution < 1.29 is 9.32 Å². The minimum absolute atomic E-state index is 0.00100. The summed E-state index contributed by atoms with van der Waals surface area (Å²) in [6.07, 6.45) is 3.46. The maximum atomic E-state index is 12.8. The van der Waals surface area contributed by atoms with E-state index in [2.05, 4.69) is 20.0 Å². The highest BCUT2D eigenvalue weighted by Crippen LogP contribution is 2.24. The Kier molecular flexibility index (Phi) is 4.27. The van der Waals surface area contributed by atoms with Gasteiger partial charge in [0.25, 0.3) is 5.91 Å². The number of carbonyl (C=O) groups is 1. The summed E-state index contributed by atoms with van der Waals surface area (Å²) >= 11 is 0. The van der Waals surface area contributed by atoms with E-state index in [-0.39, 0.29) is 11.8 Å². The van der Waals surface area contributed by atoms with Crippen LogP contribution in [0.5, 0.6) is 0 Å². The summed E-state index contributed by atoms with van der Waals surface area (Å²) in [5, 5.41) is 3.96. The number of hydrogen-bond acceptors (Lipinski definition) is 6. The van der Waals surface area contributed by atoms with Gasteiger partial charge in [0.2, 0.25) is 5.95 Å². The van der Waals surface area contributed by atoms with Crippen LogP contribution >= 0.6 is 0 Å². The summed E-state index contributed by atoms with van der Waals surface area (Å²) in [5.41, 5.74) is 1.27. The average molecular weight is 315 g/mol. The minimum Gasteiger partial charge on any atom is -0.360 e. The summed E-state index contributed by atoms with van der Waals surface area (Å²) in [4.78, 5) is 25.3. The van der Waals surface area contributed by atoms with Gasteiger partial charge in [0.1, 0.15) is 5.56 Å². The lowest BCUT2D eigenvalue weighted by atomic mass is 10.0. The third-order valence-corrected chi connectivity index (χ3v) is 4.03. The summed E-state index contributed by atoms with van der Waals surface area (Å²) < 4.78 is 5.33. The summed E-state index contributed by atoms with van der Waals surface area (Å²) in [5.74, 6) is 1.51. The largest absolute Gasteiger partial charge is 0.360 e. The molecule has 1 amide bonds. The highest BCUT2D eigenvalue weighted by Gasteiger charge is 2.29. The lowest BCUT2D eigenvalue weighted by Crippen LogP contribution is -2.49. The van der Waals surface area contributed by atoms with Crippen molar-refractivity contribution >= 4 is 11.9 Å². The molecule has 3 rings (SSSR count). The molecule has 0 aromatic carbocycles. The van der Waals surface area contributed by atoms with E-state index in [1.54, 1.807) is 18.5 Å². The summed E-state index contributed by atoms with van der Waals surface area (Å²) in [7, 11) is 0. The summed E-state index contributed by atoms with van der Waals surface area (Å²) in [6, 6.07) is 1.80. The molecular weight excluding hydrogens is 294 g/mol. The van der Waals surface area contributed by atoms with Crippen molar-refractivity contribution in [2.75, 3.05) is 31.1 Å². The summed E-state index contributed by atoms with van der Waals surface area (Å²) in [6.45, 7) is 8.53. The molecule has 23 heavy (non-hydrogen) atoms. The van der Waals surface area contributed by atoms with Gasteiger partial charge >= 0.3 is 0 Å². The first kappa shape index (κ1) is 15.5. The van der Waals surface area contributed by atoms with Crippen molar-refractivity contribution in [3.05, 3.63) is 35.5 Å². The number of anilines is 1. The van der Waals surface area contributed by atoms with Crippen molar-refractivity contribution in [1.82, 2.24) is 20.0 Å². The fourth-order valence-corrected chi connectivity index (χ4v) is 2.76. The number of piperazine rings is 1. The van der Waals surface area contributed by atoms with Gasteiger partial charge < -0.3 is 14.3 Å². The number of aromatic nitrogens is 3. The molecule has 2 aromatic rings. The fourth-order valence-electron chi connectivity index (χ4n) is 2.76. The molecule has 1 aliphatic heterocycles. The Morgan fingerprint density at radius 1 is 1.17 bits per heavy atom. The molecule has 0 bridgehead atoms. The predicted molar refractivity (Wildman–Crippen MR) is 85.5 cm³/mol. The van der Waals surface area contributed by atoms with Crippen LogP contribution in [0, 0.1) is 6.92 Å². The molecule has 3 heterocycles. The molecule has 0 radical (unpaired) electrons. The molecule has 7 heteroatoms. The lowest BCUT2D eigenvalue weighted by Gasteiger charge is -2.34. The Labute approximate surface area is 135 Å². The number of rotatable bonds is 3. The maximum absolute atomic E-state index is 12.8. The predicted octanol–water partition coefficient (Wildman–Crippen LogP) is 1.86. The topological polar surface area (TPSA) is 75.4 Å². The van der Waals surface area contributed by atoms with Gasteiger partial charge in [0.05, 0.1) is 5.69 Å². The smallest absolute Gasteiger partial charge is 0.259 e. The molecule has 7 nitrogen and oxygen atoms in total. The zero-order valence-electron chi connectivity index (χ0n) is 13.7. The molecule has 122 valence electrons. The normalized spacial score (nSPS) is 15.3. The third kappa shape index (κ3) is 3.04. The van der Waals surface area contributed by atoms with E-state index >= 15 is 0 Å². The van der Waals surface area contributed by atoms with E-state index in [4.69, 9.17) is 4.52 Å². The van der Waals surface area contributed by atoms with Gasteiger partial charge in [-0.25, -0.2) is 9.97 Å². The van der Waals surface area contributed by atoms with Crippen LogP contribution in [0.2, 0.25) is 0 Å². The van der Waals surface area contributed by atoms with Crippen LogP contribution in [0.15, 0.2) is 23.0 Å². The van der Waals surface area contributed by atoms with E-state index < -0.39 is 0 Å². The van der Waals surface area contributed by atoms with Crippen molar-refractivity contribution in [1.29, 1.82) is 0 Å². The first-order valence-electron chi connectivity index (χ1n) is 7.85. The Bertz CT molecular complexity index is 675. The molecule has 1 aliphatic rings. The third-order valence-electron chi connectivity index (χ3n) is 4.03. The number of aryl methyl sites for hydroxylation is 1. The molecule has 0 N–H and O–H groups in total. The lowest BCUT2D eigenvalue weighted by molar-refractivity contribution is 0.0742. The second kappa shape index (κ2) is 6.36. The van der Waals surface area contributed by atoms with Gasteiger partial charge in [0, 0.05) is 44.5 Å². The molecule has 0 spiro atoms. The van der Waals surface area contributed by atoms with E-state index in [0.29, 0.717) is 36.1 Å². The van der Waals surface area contributed by atoms with Crippen molar-refractivity contribution in [3.8, 4) is 0 Å². The molecular formula is C16H21N5O2. The first-order valence-corrected chi connectivity index (χ1v) is 7.85. The zero-order valence-corrected chi connectivity index (χ0v) is 13.7. The second-order valence-electron chi connectivity index (χ2n) is 5.99. The monoisotopic (exact) mass is 315 g/mol. The fraction of sp³-hybridized carbons (Fsp3) is 0.500. The first-order chi connectivity index (χ1) is 11.1. The highest BCUT2D eigenvalue weighted by molar-refractivity contribution is 5.96. The van der Waals surface area contributed by atoms with Gasteiger partial charge in [-0.2, -0.15) is 0 Å². The maximum Gasteiger partial charge on any atom is 0.259 e. The molecule has 1 fully saturated rings. The van der Waals surface area contributed by atoms with Crippen molar-refractivity contribution in [3.63, 3.8) is 0 Å². The number of nitrogens with zero attached hydrogens (tertiary/aromatic N) is 5. The SMILES string of the molecule is Cc1noc(C(C)C)c1C(=O)N1CCN(c2ncccn2)CC1. The number of hydrogen-bond donors (Lipinski definition) is 0. The van der Waals surface area contributed by atoms with Crippen LogP contribution in [0.1, 0.15) is 41.6 Å². The van der Waals surface area contributed by atoms with E-state index in [1.807, 2.05) is 25.7 Å². The minimum atomic E-state index is 0.00100. The molecule has 0 saturated carbocycles. The Hall–Kier alpha value is -2.44. The van der Waals surface area contributed by atoms with Crippen molar-refractivity contribution in [2.45, 2.75) is 26.7 Å². The molecule has 0 aliphatic carbocycles. The van der Waals surface area contributed by atoms with Crippen LogP contribution in [-0.4, -0.2) is 52.1 Å². The molecule has 0 atom stereocenters. The standard InChI is InChI=1S/C16H21N5O2/c1-11(2)14-13(12(3)19-23-14)15(22)20-7-9-21(10-8-20)16-17-5-4-6-18-16/h4-6,11H,7-10H2,1-3H3. The van der Waals surface area contributed by atoms with E-state index in [1.165, 1.54) is 0 Å². The van der Waals surface area contributed by atoms with Crippen molar-refractivity contribution in [2.24, 2.45) is 0 Å². The van der Waals surface area contributed by atoms with Gasteiger partial charge in [-0.1, -0.05) is 19.0 Å². The molecule has 0 unspecified atom stereocenters. The van der Waals surface area contributed by atoms with Crippen LogP contribution in [0.25, 0.3) is 0 Å². The number of carbonyl (C=O) groups excluding carboxylic acids is 1. The van der Waals surface area contributed by atoms with Gasteiger partial charge in [-0.05, 0) is 13.0 Å². The van der Waals surface area contributed by atoms with E-state index in [0.717, 1.165) is 13.1 Å². The Morgan fingerprint density at radius 3 is 2.43 bits per heavy atom. The Morgan fingerprint density at radius 2 is 1.83 bits per heavy atom. The Balaban J connectivity index is 1.71. The van der Waals surface area contributed by atoms with Gasteiger partial charge in [-0.3, -0.25) is 4.79 Å². The van der Waals surface area contributed by atoms with Crippen LogP contribution in [0.4, 0.5) is 5.95 Å². The van der Waals surface area contributed by atoms with Crippen LogP contribution in [0.3, 0.4) is 0 Å². The second-order valence-corrected chi connectivity index (χ2v) is 5.99. The highest BCUT2D eigenvalue weighted by atomic mass is 16.5. The quantitative estimate of drug-likeness (QED) is 0.860. The zero-order chi connectivity index (χ0) is 16.4. The average Bonchev–Trinajstić information content (AvgIpc) is 2.97. The number of amides is 1. The van der Waals surface area contributed by atoms with Crippen LogP contribution in [-0.2, 0) is 0 Å². The van der Waals surface area contributed by atoms with Crippen LogP contribution < -0.4 is 4.90 Å². The molecule has 2 aromatic heterocycles.